The number of nitrogens with one attached hydrogen (secondary N) is 1. The first-order valence-electron chi connectivity index (χ1n) is 6.01. The van der Waals surface area contributed by atoms with Gasteiger partial charge in [-0.15, -0.1) is 0 Å². The van der Waals surface area contributed by atoms with Gasteiger partial charge in [0.25, 0.3) is 6.71 Å². The largest absolute Gasteiger partial charge is 0.347 e. The molecule has 0 aliphatic carbocycles. The van der Waals surface area contributed by atoms with Gasteiger partial charge in [0.1, 0.15) is 0 Å². The molecule has 0 spiro atoms. The molecule has 1 fully saturated rings. The molecule has 1 aliphatic rings. The van der Waals surface area contributed by atoms with E-state index >= 15 is 0 Å². The molecule has 2 amide bonds. The van der Waals surface area contributed by atoms with Gasteiger partial charge in [-0.05, 0) is 12.8 Å². The molecule has 1 saturated heterocycles. The van der Waals surface area contributed by atoms with E-state index in [9.17, 15) is 9.59 Å². The summed E-state index contributed by atoms with van der Waals surface area (Å²) in [6.45, 7) is 4.69. The summed E-state index contributed by atoms with van der Waals surface area (Å²) in [4.78, 5) is 25.1. The molecule has 1 N–H and O–H groups in total. The number of nitrogens with zero attached hydrogens (tertiary/aromatic N) is 2. The zero-order valence-corrected chi connectivity index (χ0v) is 10.4. The van der Waals surface area contributed by atoms with Crippen LogP contribution >= 0.6 is 0 Å². The molecule has 0 aromatic heterocycles. The molecule has 1 atom stereocenters. The van der Waals surface area contributed by atoms with Crippen LogP contribution in [-0.2, 0) is 9.59 Å². The normalized spacial score (nSPS) is 16.2. The molecule has 1 aliphatic heterocycles. The van der Waals surface area contributed by atoms with Crippen molar-refractivity contribution in [1.82, 2.24) is 10.2 Å². The van der Waals surface area contributed by atoms with Gasteiger partial charge < -0.3 is 10.2 Å². The lowest BCUT2D eigenvalue weighted by molar-refractivity contribution is -0.131. The Hall–Kier alpha value is -1.51. The molecule has 0 aromatic rings. The van der Waals surface area contributed by atoms with Crippen LogP contribution in [0.1, 0.15) is 19.8 Å². The van der Waals surface area contributed by atoms with Crippen molar-refractivity contribution in [2.75, 3.05) is 19.6 Å². The molecular weight excluding hydrogens is 217 g/mol. The summed E-state index contributed by atoms with van der Waals surface area (Å²) in [5, 5.41) is 11.3. The van der Waals surface area contributed by atoms with Gasteiger partial charge in [-0.2, -0.15) is 0 Å². The van der Waals surface area contributed by atoms with Gasteiger partial charge in [0.15, 0.2) is 0 Å². The number of amides is 2. The molecule has 1 unspecified atom stereocenters. The van der Waals surface area contributed by atoms with Crippen LogP contribution in [0.4, 0.5) is 0 Å². The summed E-state index contributed by atoms with van der Waals surface area (Å²) >= 11 is 0. The quantitative estimate of drug-likeness (QED) is 0.712. The van der Waals surface area contributed by atoms with Gasteiger partial charge in [-0.1, -0.05) is 13.7 Å². The summed E-state index contributed by atoms with van der Waals surface area (Å²) in [6.07, 6.45) is 2.09. The van der Waals surface area contributed by atoms with Gasteiger partial charge in [-0.3, -0.25) is 9.59 Å². The van der Waals surface area contributed by atoms with Crippen molar-refractivity contribution in [3.8, 4) is 5.97 Å². The fourth-order valence-corrected chi connectivity index (χ4v) is 1.74. The predicted molar refractivity (Wildman–Crippen MR) is 65.5 cm³/mol. The van der Waals surface area contributed by atoms with E-state index in [0.717, 1.165) is 25.9 Å². The molecule has 5 nitrogen and oxygen atoms in total. The number of hydrogen-bond donors (Lipinski definition) is 1. The summed E-state index contributed by atoms with van der Waals surface area (Å²) in [6, 6.07) is 0. The Morgan fingerprint density at radius 1 is 1.47 bits per heavy atom. The number of carbonyl (C=O) groups excluding carboxylic acids is 2. The van der Waals surface area contributed by atoms with Crippen molar-refractivity contribution < 1.29 is 9.59 Å². The fourth-order valence-electron chi connectivity index (χ4n) is 1.74. The Morgan fingerprint density at radius 2 is 2.06 bits per heavy atom. The number of carbonyl (C=O) groups is 2. The number of hydrogen-bond acceptors (Lipinski definition) is 3. The topological polar surface area (TPSA) is 73.2 Å². The SMILES string of the molecule is CB(C#N)C(C)C(=O)NCC(=O)N1CCCC1. The Kier molecular flexibility index (Phi) is 5.01. The third kappa shape index (κ3) is 3.77. The number of likely N-dealkylation sites (tertiary alicyclic amines) is 1. The van der Waals surface area contributed by atoms with Crippen molar-refractivity contribution in [2.24, 2.45) is 0 Å². The first-order valence-corrected chi connectivity index (χ1v) is 6.01. The van der Waals surface area contributed by atoms with Gasteiger partial charge in [0.05, 0.1) is 6.54 Å². The van der Waals surface area contributed by atoms with E-state index in [2.05, 4.69) is 5.32 Å². The minimum atomic E-state index is -0.383. The highest BCUT2D eigenvalue weighted by Gasteiger charge is 2.25. The molecule has 17 heavy (non-hydrogen) atoms. The average Bonchev–Trinajstić information content (AvgIpc) is 2.87. The van der Waals surface area contributed by atoms with E-state index < -0.39 is 0 Å². The van der Waals surface area contributed by atoms with Crippen molar-refractivity contribution >= 4 is 18.5 Å². The Labute approximate surface area is 102 Å². The highest BCUT2D eigenvalue weighted by Crippen LogP contribution is 2.09. The second kappa shape index (κ2) is 6.28. The highest BCUT2D eigenvalue weighted by molar-refractivity contribution is 6.70. The average molecular weight is 235 g/mol. The summed E-state index contributed by atoms with van der Waals surface area (Å²) in [5.41, 5.74) is 0. The Morgan fingerprint density at radius 3 is 2.59 bits per heavy atom. The van der Waals surface area contributed by atoms with E-state index in [-0.39, 0.29) is 30.9 Å². The van der Waals surface area contributed by atoms with Crippen LogP contribution in [0.5, 0.6) is 0 Å². The predicted octanol–water partition coefficient (Wildman–Crippen LogP) is 0.302. The van der Waals surface area contributed by atoms with Crippen molar-refractivity contribution in [1.29, 1.82) is 5.26 Å². The van der Waals surface area contributed by atoms with Crippen LogP contribution in [0.25, 0.3) is 0 Å². The smallest absolute Gasteiger partial charge is 0.276 e. The van der Waals surface area contributed by atoms with Crippen LogP contribution in [0.15, 0.2) is 0 Å². The second-order valence-corrected chi connectivity index (χ2v) is 4.51. The van der Waals surface area contributed by atoms with Crippen LogP contribution < -0.4 is 5.32 Å². The van der Waals surface area contributed by atoms with Crippen LogP contribution in [0.2, 0.25) is 12.6 Å². The van der Waals surface area contributed by atoms with Gasteiger partial charge in [-0.25, -0.2) is 5.26 Å². The van der Waals surface area contributed by atoms with E-state index in [1.54, 1.807) is 18.6 Å². The fraction of sp³-hybridized carbons (Fsp3) is 0.727. The first-order chi connectivity index (χ1) is 8.06. The van der Waals surface area contributed by atoms with E-state index in [1.807, 2.05) is 5.97 Å². The molecule has 92 valence electrons. The van der Waals surface area contributed by atoms with Crippen molar-refractivity contribution in [2.45, 2.75) is 32.4 Å². The number of nitriles is 1. The second-order valence-electron chi connectivity index (χ2n) is 4.51. The maximum Gasteiger partial charge on any atom is 0.276 e. The van der Waals surface area contributed by atoms with Crippen LogP contribution in [-0.4, -0.2) is 43.1 Å². The zero-order valence-electron chi connectivity index (χ0n) is 10.4. The lowest BCUT2D eigenvalue weighted by Gasteiger charge is -2.17. The van der Waals surface area contributed by atoms with Gasteiger partial charge in [0.2, 0.25) is 11.8 Å². The van der Waals surface area contributed by atoms with E-state index in [0.29, 0.717) is 0 Å². The molecule has 0 aromatic carbocycles. The summed E-state index contributed by atoms with van der Waals surface area (Å²) in [5.74, 6) is 1.38. The third-order valence-electron chi connectivity index (χ3n) is 3.24. The zero-order chi connectivity index (χ0) is 12.8. The molecular formula is C11H18BN3O2. The van der Waals surface area contributed by atoms with Gasteiger partial charge >= 0.3 is 0 Å². The molecule has 0 radical (unpaired) electrons. The maximum atomic E-state index is 11.7. The Bertz CT molecular complexity index is 334. The minimum absolute atomic E-state index is 0.0346. The first kappa shape index (κ1) is 13.6. The van der Waals surface area contributed by atoms with Crippen LogP contribution in [0, 0.1) is 11.2 Å². The molecule has 1 rings (SSSR count). The Balaban J connectivity index is 2.32. The monoisotopic (exact) mass is 235 g/mol. The molecule has 0 bridgehead atoms. The molecule has 0 saturated carbocycles. The standard InChI is InChI=1S/C11H18BN3O2/c1-9(12(2)8-13)11(17)14-7-10(16)15-5-3-4-6-15/h9H,3-7H2,1-2H3,(H,14,17). The molecule has 1 heterocycles. The number of rotatable bonds is 4. The van der Waals surface area contributed by atoms with E-state index in [4.69, 9.17) is 5.26 Å². The highest BCUT2D eigenvalue weighted by atomic mass is 16.2. The molecule has 6 heteroatoms. The minimum Gasteiger partial charge on any atom is -0.347 e. The van der Waals surface area contributed by atoms with Crippen molar-refractivity contribution in [3.05, 3.63) is 0 Å². The third-order valence-corrected chi connectivity index (χ3v) is 3.24. The van der Waals surface area contributed by atoms with Crippen LogP contribution in [0.3, 0.4) is 0 Å². The van der Waals surface area contributed by atoms with Crippen molar-refractivity contribution in [3.63, 3.8) is 0 Å². The summed E-state index contributed by atoms with van der Waals surface area (Å²) in [7, 11) is 0. The van der Waals surface area contributed by atoms with E-state index in [1.165, 1.54) is 0 Å². The lowest BCUT2D eigenvalue weighted by Crippen LogP contribution is -2.41. The maximum absolute atomic E-state index is 11.7. The van der Waals surface area contributed by atoms with Gasteiger partial charge in [0, 0.05) is 24.9 Å². The lowest BCUT2D eigenvalue weighted by atomic mass is 9.45. The summed E-state index contributed by atoms with van der Waals surface area (Å²) < 4.78 is 0.